The van der Waals surface area contributed by atoms with Crippen molar-refractivity contribution < 1.29 is 0 Å². The Morgan fingerprint density at radius 3 is 2.24 bits per heavy atom. The van der Waals surface area contributed by atoms with Crippen LogP contribution in [-0.4, -0.2) is 6.04 Å². The lowest BCUT2D eigenvalue weighted by Crippen LogP contribution is -2.18. The van der Waals surface area contributed by atoms with Crippen molar-refractivity contribution in [3.63, 3.8) is 0 Å². The first kappa shape index (κ1) is 14.1. The lowest BCUT2D eigenvalue weighted by molar-refractivity contribution is 0.586. The largest absolute Gasteiger partial charge is 0.382 e. The van der Waals surface area contributed by atoms with E-state index in [4.69, 9.17) is 0 Å². The SMILES string of the molecule is CCCC(CCC)Nc1cccc(C(C)C)c1. The number of nitrogens with one attached hydrogen (secondary N) is 1. The van der Waals surface area contributed by atoms with Crippen LogP contribution in [0.25, 0.3) is 0 Å². The molecule has 0 unspecified atom stereocenters. The Balaban J connectivity index is 2.67. The van der Waals surface area contributed by atoms with Crippen LogP contribution < -0.4 is 5.32 Å². The molecule has 1 N–H and O–H groups in total. The zero-order chi connectivity index (χ0) is 12.7. The summed E-state index contributed by atoms with van der Waals surface area (Å²) in [4.78, 5) is 0. The van der Waals surface area contributed by atoms with Gasteiger partial charge in [-0.15, -0.1) is 0 Å². The van der Waals surface area contributed by atoms with Gasteiger partial charge in [-0.2, -0.15) is 0 Å². The van der Waals surface area contributed by atoms with Crippen LogP contribution in [0.5, 0.6) is 0 Å². The van der Waals surface area contributed by atoms with Crippen LogP contribution in [0.2, 0.25) is 0 Å². The lowest BCUT2D eigenvalue weighted by Gasteiger charge is -2.19. The maximum atomic E-state index is 3.68. The van der Waals surface area contributed by atoms with E-state index in [-0.39, 0.29) is 0 Å². The summed E-state index contributed by atoms with van der Waals surface area (Å²) < 4.78 is 0. The first-order valence-corrected chi connectivity index (χ1v) is 7.03. The highest BCUT2D eigenvalue weighted by Gasteiger charge is 2.07. The lowest BCUT2D eigenvalue weighted by atomic mass is 10.0. The topological polar surface area (TPSA) is 12.0 Å². The highest BCUT2D eigenvalue weighted by molar-refractivity contribution is 5.47. The molecular formula is C16H27N. The highest BCUT2D eigenvalue weighted by Crippen LogP contribution is 2.20. The Kier molecular flexibility index (Phi) is 6.10. The molecule has 1 nitrogen and oxygen atoms in total. The van der Waals surface area contributed by atoms with Gasteiger partial charge < -0.3 is 5.32 Å². The van der Waals surface area contributed by atoms with E-state index in [2.05, 4.69) is 57.3 Å². The second-order valence-corrected chi connectivity index (χ2v) is 5.20. The molecule has 1 aromatic rings. The first-order valence-electron chi connectivity index (χ1n) is 7.03. The summed E-state index contributed by atoms with van der Waals surface area (Å²) in [5.74, 6) is 0.604. The van der Waals surface area contributed by atoms with Crippen molar-refractivity contribution in [2.24, 2.45) is 0 Å². The summed E-state index contributed by atoms with van der Waals surface area (Å²) in [5.41, 5.74) is 2.70. The standard InChI is InChI=1S/C16H27N/c1-5-8-15(9-6-2)17-16-11-7-10-14(12-16)13(3)4/h7,10-13,15,17H,5-6,8-9H2,1-4H3. The van der Waals surface area contributed by atoms with Crippen molar-refractivity contribution in [3.05, 3.63) is 29.8 Å². The molecule has 0 aliphatic heterocycles. The van der Waals surface area contributed by atoms with E-state index in [0.29, 0.717) is 12.0 Å². The van der Waals surface area contributed by atoms with Gasteiger partial charge in [-0.25, -0.2) is 0 Å². The number of benzene rings is 1. The molecule has 0 atom stereocenters. The molecule has 0 aliphatic carbocycles. The monoisotopic (exact) mass is 233 g/mol. The molecular weight excluding hydrogens is 206 g/mol. The molecule has 0 aliphatic rings. The van der Waals surface area contributed by atoms with Gasteiger partial charge in [0.25, 0.3) is 0 Å². The Bertz CT molecular complexity index is 311. The number of rotatable bonds is 7. The van der Waals surface area contributed by atoms with Crippen LogP contribution in [0.1, 0.15) is 64.9 Å². The molecule has 0 aromatic heterocycles. The molecule has 0 heterocycles. The molecule has 17 heavy (non-hydrogen) atoms. The van der Waals surface area contributed by atoms with Gasteiger partial charge in [-0.3, -0.25) is 0 Å². The zero-order valence-corrected chi connectivity index (χ0v) is 11.8. The molecule has 96 valence electrons. The average molecular weight is 233 g/mol. The molecule has 0 saturated carbocycles. The maximum absolute atomic E-state index is 3.68. The zero-order valence-electron chi connectivity index (χ0n) is 11.8. The Hall–Kier alpha value is -0.980. The Morgan fingerprint density at radius 1 is 1.06 bits per heavy atom. The van der Waals surface area contributed by atoms with Crippen molar-refractivity contribution >= 4 is 5.69 Å². The Morgan fingerprint density at radius 2 is 1.71 bits per heavy atom. The second kappa shape index (κ2) is 7.37. The minimum Gasteiger partial charge on any atom is -0.382 e. The minimum absolute atomic E-state index is 0.604. The summed E-state index contributed by atoms with van der Waals surface area (Å²) in [5, 5.41) is 3.68. The van der Waals surface area contributed by atoms with Gasteiger partial charge in [0.15, 0.2) is 0 Å². The average Bonchev–Trinajstić information content (AvgIpc) is 2.30. The summed E-state index contributed by atoms with van der Waals surface area (Å²) in [6, 6.07) is 9.48. The van der Waals surface area contributed by atoms with E-state index in [1.807, 2.05) is 0 Å². The van der Waals surface area contributed by atoms with Gasteiger partial charge >= 0.3 is 0 Å². The normalized spacial score (nSPS) is 11.2. The summed E-state index contributed by atoms with van der Waals surface area (Å²) >= 11 is 0. The molecule has 1 heteroatoms. The van der Waals surface area contributed by atoms with Crippen LogP contribution >= 0.6 is 0 Å². The predicted molar refractivity (Wildman–Crippen MR) is 77.8 cm³/mol. The van der Waals surface area contributed by atoms with E-state index < -0.39 is 0 Å². The van der Waals surface area contributed by atoms with Crippen LogP contribution in [0, 0.1) is 0 Å². The van der Waals surface area contributed by atoms with Gasteiger partial charge in [0.2, 0.25) is 0 Å². The fourth-order valence-corrected chi connectivity index (χ4v) is 2.21. The molecule has 1 rings (SSSR count). The molecule has 0 amide bonds. The van der Waals surface area contributed by atoms with Crippen molar-refractivity contribution in [1.29, 1.82) is 0 Å². The van der Waals surface area contributed by atoms with Crippen LogP contribution in [0.3, 0.4) is 0 Å². The second-order valence-electron chi connectivity index (χ2n) is 5.20. The third-order valence-corrected chi connectivity index (χ3v) is 3.20. The van der Waals surface area contributed by atoms with Crippen LogP contribution in [0.15, 0.2) is 24.3 Å². The van der Waals surface area contributed by atoms with Gasteiger partial charge in [0.05, 0.1) is 0 Å². The maximum Gasteiger partial charge on any atom is 0.0345 e. The van der Waals surface area contributed by atoms with Gasteiger partial charge in [-0.05, 0) is 36.5 Å². The Labute approximate surface area is 107 Å². The van der Waals surface area contributed by atoms with Gasteiger partial charge in [0.1, 0.15) is 0 Å². The molecule has 0 spiro atoms. The number of hydrogen-bond acceptors (Lipinski definition) is 1. The molecule has 0 saturated heterocycles. The molecule has 0 bridgehead atoms. The van der Waals surface area contributed by atoms with E-state index >= 15 is 0 Å². The summed E-state index contributed by atoms with van der Waals surface area (Å²) in [6.45, 7) is 9.01. The van der Waals surface area contributed by atoms with Crippen LogP contribution in [0.4, 0.5) is 5.69 Å². The van der Waals surface area contributed by atoms with Crippen molar-refractivity contribution in [3.8, 4) is 0 Å². The van der Waals surface area contributed by atoms with Gasteiger partial charge in [-0.1, -0.05) is 52.7 Å². The van der Waals surface area contributed by atoms with Crippen molar-refractivity contribution in [1.82, 2.24) is 0 Å². The molecule has 0 radical (unpaired) electrons. The van der Waals surface area contributed by atoms with E-state index in [1.165, 1.54) is 36.9 Å². The predicted octanol–water partition coefficient (Wildman–Crippen LogP) is 5.19. The minimum atomic E-state index is 0.604. The third-order valence-electron chi connectivity index (χ3n) is 3.20. The number of anilines is 1. The quantitative estimate of drug-likeness (QED) is 0.683. The van der Waals surface area contributed by atoms with Crippen LogP contribution in [-0.2, 0) is 0 Å². The molecule has 1 aromatic carbocycles. The molecule has 0 fully saturated rings. The summed E-state index contributed by atoms with van der Waals surface area (Å²) in [6.07, 6.45) is 5.03. The smallest absolute Gasteiger partial charge is 0.0345 e. The first-order chi connectivity index (χ1) is 8.17. The van der Waals surface area contributed by atoms with E-state index in [9.17, 15) is 0 Å². The van der Waals surface area contributed by atoms with E-state index in [0.717, 1.165) is 0 Å². The highest BCUT2D eigenvalue weighted by atomic mass is 14.9. The van der Waals surface area contributed by atoms with Gasteiger partial charge in [0, 0.05) is 11.7 Å². The fourth-order valence-electron chi connectivity index (χ4n) is 2.21. The van der Waals surface area contributed by atoms with Crippen molar-refractivity contribution in [2.75, 3.05) is 5.32 Å². The van der Waals surface area contributed by atoms with E-state index in [1.54, 1.807) is 0 Å². The summed E-state index contributed by atoms with van der Waals surface area (Å²) in [7, 11) is 0. The fraction of sp³-hybridized carbons (Fsp3) is 0.625. The third kappa shape index (κ3) is 4.80. The number of hydrogen-bond donors (Lipinski definition) is 1. The van der Waals surface area contributed by atoms with Crippen molar-refractivity contribution in [2.45, 2.75) is 65.3 Å².